The summed E-state index contributed by atoms with van der Waals surface area (Å²) in [5, 5.41) is 12.3. The molecule has 1 aromatic rings. The second-order valence-corrected chi connectivity index (χ2v) is 4.59. The van der Waals surface area contributed by atoms with Crippen LogP contribution in [0.25, 0.3) is 0 Å². The molecule has 1 fully saturated rings. The minimum atomic E-state index is 0.337. The molecule has 0 radical (unpaired) electrons. The monoisotopic (exact) mass is 230 g/mol. The Balaban J connectivity index is 1.93. The largest absolute Gasteiger partial charge is 0.379 e. The van der Waals surface area contributed by atoms with Gasteiger partial charge in [-0.1, -0.05) is 0 Å². The van der Waals surface area contributed by atoms with E-state index >= 15 is 0 Å². The number of likely N-dealkylation sites (tertiary alicyclic amines) is 1. The number of nitrogens with zero attached hydrogens (tertiary/aromatic N) is 3. The Morgan fingerprint density at radius 2 is 2.29 bits per heavy atom. The fourth-order valence-corrected chi connectivity index (χ4v) is 2.27. The van der Waals surface area contributed by atoms with Crippen molar-refractivity contribution in [3.8, 4) is 6.07 Å². The predicted octanol–water partition coefficient (Wildman–Crippen LogP) is 1.85. The summed E-state index contributed by atoms with van der Waals surface area (Å²) in [7, 11) is 0. The highest BCUT2D eigenvalue weighted by atomic mass is 15.2. The fourth-order valence-electron chi connectivity index (χ4n) is 2.27. The van der Waals surface area contributed by atoms with Gasteiger partial charge in [-0.15, -0.1) is 0 Å². The number of pyridine rings is 1. The number of nitrogens with one attached hydrogen (secondary N) is 1. The summed E-state index contributed by atoms with van der Waals surface area (Å²) in [5.74, 6) is 0. The van der Waals surface area contributed by atoms with Crippen LogP contribution in [0.4, 0.5) is 5.69 Å². The summed E-state index contributed by atoms with van der Waals surface area (Å²) in [5.41, 5.74) is 1.50. The number of aromatic nitrogens is 1. The number of anilines is 1. The van der Waals surface area contributed by atoms with Crippen LogP contribution in [0.1, 0.15) is 25.3 Å². The number of nitriles is 1. The predicted molar refractivity (Wildman–Crippen MR) is 67.7 cm³/mol. The molecule has 2 heterocycles. The molecule has 17 heavy (non-hydrogen) atoms. The van der Waals surface area contributed by atoms with Gasteiger partial charge in [-0.25, -0.2) is 0 Å². The van der Waals surface area contributed by atoms with E-state index in [0.717, 1.165) is 12.2 Å². The van der Waals surface area contributed by atoms with Gasteiger partial charge in [-0.3, -0.25) is 4.98 Å². The zero-order chi connectivity index (χ0) is 12.1. The Kier molecular flexibility index (Phi) is 3.94. The zero-order valence-electron chi connectivity index (χ0n) is 10.2. The van der Waals surface area contributed by atoms with Crippen LogP contribution in [0, 0.1) is 11.3 Å². The molecule has 1 aliphatic heterocycles. The maximum atomic E-state index is 8.99. The molecule has 1 aromatic heterocycles. The van der Waals surface area contributed by atoms with Crippen molar-refractivity contribution >= 4 is 5.69 Å². The van der Waals surface area contributed by atoms with Crippen LogP contribution in [0.15, 0.2) is 18.5 Å². The number of hydrogen-bond donors (Lipinski definition) is 1. The Bertz CT molecular complexity index is 404. The summed E-state index contributed by atoms with van der Waals surface area (Å²) in [6.45, 7) is 5.57. The highest BCUT2D eigenvalue weighted by Crippen LogP contribution is 2.14. The third-order valence-electron chi connectivity index (χ3n) is 3.07. The Hall–Kier alpha value is -1.60. The lowest BCUT2D eigenvalue weighted by Gasteiger charge is -2.22. The first-order valence-electron chi connectivity index (χ1n) is 6.12. The van der Waals surface area contributed by atoms with E-state index in [9.17, 15) is 0 Å². The van der Waals surface area contributed by atoms with Crippen LogP contribution < -0.4 is 5.32 Å². The summed E-state index contributed by atoms with van der Waals surface area (Å²) in [6.07, 6.45) is 5.99. The molecule has 1 aliphatic rings. The first-order valence-corrected chi connectivity index (χ1v) is 6.12. The van der Waals surface area contributed by atoms with Crippen LogP contribution in [0.2, 0.25) is 0 Å². The van der Waals surface area contributed by atoms with Gasteiger partial charge in [0.05, 0.1) is 17.4 Å². The van der Waals surface area contributed by atoms with Gasteiger partial charge in [0.2, 0.25) is 0 Å². The van der Waals surface area contributed by atoms with Crippen LogP contribution in [0.3, 0.4) is 0 Å². The maximum Gasteiger partial charge on any atom is 0.101 e. The number of hydrogen-bond acceptors (Lipinski definition) is 4. The Morgan fingerprint density at radius 3 is 3.00 bits per heavy atom. The van der Waals surface area contributed by atoms with Crippen molar-refractivity contribution in [3.63, 3.8) is 0 Å². The molecule has 0 saturated carbocycles. The lowest BCUT2D eigenvalue weighted by Crippen LogP contribution is -2.33. The summed E-state index contributed by atoms with van der Waals surface area (Å²) < 4.78 is 0. The van der Waals surface area contributed by atoms with Crippen molar-refractivity contribution in [2.45, 2.75) is 25.8 Å². The van der Waals surface area contributed by atoms with Crippen molar-refractivity contribution in [1.82, 2.24) is 9.88 Å². The van der Waals surface area contributed by atoms with Gasteiger partial charge >= 0.3 is 0 Å². The van der Waals surface area contributed by atoms with E-state index in [4.69, 9.17) is 5.26 Å². The van der Waals surface area contributed by atoms with Crippen molar-refractivity contribution in [3.05, 3.63) is 24.0 Å². The van der Waals surface area contributed by atoms with Gasteiger partial charge in [0.15, 0.2) is 0 Å². The van der Waals surface area contributed by atoms with Crippen LogP contribution >= 0.6 is 0 Å². The molecule has 4 heteroatoms. The normalized spacial score (nSPS) is 17.6. The first kappa shape index (κ1) is 11.9. The minimum absolute atomic E-state index is 0.337. The molecule has 4 nitrogen and oxygen atoms in total. The van der Waals surface area contributed by atoms with Crippen molar-refractivity contribution < 1.29 is 0 Å². The van der Waals surface area contributed by atoms with Crippen LogP contribution in [0.5, 0.6) is 0 Å². The molecule has 0 spiro atoms. The third kappa shape index (κ3) is 3.18. The molecule has 0 amide bonds. The molecule has 1 N–H and O–H groups in total. The van der Waals surface area contributed by atoms with E-state index in [1.165, 1.54) is 25.9 Å². The fraction of sp³-hybridized carbons (Fsp3) is 0.538. The first-order chi connectivity index (χ1) is 8.29. The highest BCUT2D eigenvalue weighted by molar-refractivity contribution is 5.55. The van der Waals surface area contributed by atoms with Gasteiger partial charge in [-0.2, -0.15) is 5.26 Å². The summed E-state index contributed by atoms with van der Waals surface area (Å²) in [6, 6.07) is 4.26. The van der Waals surface area contributed by atoms with Gasteiger partial charge in [0.25, 0.3) is 0 Å². The van der Waals surface area contributed by atoms with E-state index in [1.54, 1.807) is 18.5 Å². The molecule has 0 aromatic carbocycles. The zero-order valence-corrected chi connectivity index (χ0v) is 10.2. The highest BCUT2D eigenvalue weighted by Gasteiger charge is 2.15. The van der Waals surface area contributed by atoms with E-state index in [0.29, 0.717) is 11.6 Å². The molecule has 0 bridgehead atoms. The van der Waals surface area contributed by atoms with E-state index < -0.39 is 0 Å². The van der Waals surface area contributed by atoms with Crippen LogP contribution in [-0.4, -0.2) is 35.6 Å². The van der Waals surface area contributed by atoms with Gasteiger partial charge in [0.1, 0.15) is 6.07 Å². The minimum Gasteiger partial charge on any atom is -0.379 e. The third-order valence-corrected chi connectivity index (χ3v) is 3.07. The smallest absolute Gasteiger partial charge is 0.101 e. The topological polar surface area (TPSA) is 52.0 Å². The van der Waals surface area contributed by atoms with Gasteiger partial charge in [0, 0.05) is 18.8 Å². The molecule has 90 valence electrons. The average Bonchev–Trinajstić information content (AvgIpc) is 2.82. The summed E-state index contributed by atoms with van der Waals surface area (Å²) >= 11 is 0. The Labute approximate surface area is 102 Å². The van der Waals surface area contributed by atoms with Crippen LogP contribution in [-0.2, 0) is 0 Å². The SMILES string of the molecule is CC(CN1CCCC1)Nc1cnccc1C#N. The van der Waals surface area contributed by atoms with Crippen molar-refractivity contribution in [2.24, 2.45) is 0 Å². The Morgan fingerprint density at radius 1 is 1.53 bits per heavy atom. The average molecular weight is 230 g/mol. The lowest BCUT2D eigenvalue weighted by atomic mass is 10.2. The molecular formula is C13H18N4. The lowest BCUT2D eigenvalue weighted by molar-refractivity contribution is 0.328. The standard InChI is InChI=1S/C13H18N4/c1-11(10-17-6-2-3-7-17)16-13-9-15-5-4-12(13)8-14/h4-5,9,11,16H,2-3,6-7,10H2,1H3. The number of rotatable bonds is 4. The second-order valence-electron chi connectivity index (χ2n) is 4.59. The van der Waals surface area contributed by atoms with Gasteiger partial charge in [-0.05, 0) is 38.9 Å². The molecule has 2 rings (SSSR count). The maximum absolute atomic E-state index is 8.99. The molecule has 1 atom stereocenters. The molecular weight excluding hydrogens is 212 g/mol. The van der Waals surface area contributed by atoms with Crippen molar-refractivity contribution in [2.75, 3.05) is 25.0 Å². The second kappa shape index (κ2) is 5.65. The molecule has 1 saturated heterocycles. The van der Waals surface area contributed by atoms with E-state index in [2.05, 4.69) is 28.2 Å². The van der Waals surface area contributed by atoms with Gasteiger partial charge < -0.3 is 10.2 Å². The van der Waals surface area contributed by atoms with Crippen molar-refractivity contribution in [1.29, 1.82) is 5.26 Å². The van der Waals surface area contributed by atoms with E-state index in [-0.39, 0.29) is 0 Å². The van der Waals surface area contributed by atoms with E-state index in [1.807, 2.05) is 0 Å². The molecule has 0 aliphatic carbocycles. The quantitative estimate of drug-likeness (QED) is 0.857. The summed E-state index contributed by atoms with van der Waals surface area (Å²) in [4.78, 5) is 6.51. The molecule has 1 unspecified atom stereocenters.